The van der Waals surface area contributed by atoms with E-state index in [0.29, 0.717) is 0 Å². The Labute approximate surface area is 55.5 Å². The molecule has 1 aliphatic rings. The lowest BCUT2D eigenvalue weighted by Crippen LogP contribution is -2.09. The molecule has 1 radical (unpaired) electrons. The Kier molecular flexibility index (Phi) is 0.895. The quantitative estimate of drug-likeness (QED) is 0.487. The smallest absolute Gasteiger partial charge is 0.0146 e. The topological polar surface area (TPSA) is 0 Å². The van der Waals surface area contributed by atoms with Gasteiger partial charge in [-0.3, -0.25) is 0 Å². The van der Waals surface area contributed by atoms with Crippen molar-refractivity contribution in [2.45, 2.75) is 19.8 Å². The zero-order chi connectivity index (χ0) is 6.27. The van der Waals surface area contributed by atoms with Crippen molar-refractivity contribution in [3.05, 3.63) is 34.9 Å². The van der Waals surface area contributed by atoms with Crippen molar-refractivity contribution >= 4 is 0 Å². The highest BCUT2D eigenvalue weighted by atomic mass is 14.2. The molecule has 0 atom stereocenters. The van der Waals surface area contributed by atoms with Gasteiger partial charge in [0.1, 0.15) is 0 Å². The van der Waals surface area contributed by atoms with Crippen LogP contribution in [0.1, 0.15) is 16.7 Å². The Bertz CT molecular complexity index is 222. The molecule has 0 spiro atoms. The molecule has 0 unspecified atom stereocenters. The molecule has 0 heteroatoms. The second-order valence-electron chi connectivity index (χ2n) is 2.62. The summed E-state index contributed by atoms with van der Waals surface area (Å²) in [4.78, 5) is 0. The monoisotopic (exact) mass is 117 g/mol. The van der Waals surface area contributed by atoms with Gasteiger partial charge < -0.3 is 0 Å². The maximum Gasteiger partial charge on any atom is -0.0146 e. The Hall–Kier alpha value is -0.780. The minimum atomic E-state index is 1.25. The minimum Gasteiger partial charge on any atom is -0.0584 e. The van der Waals surface area contributed by atoms with Crippen LogP contribution in [-0.4, -0.2) is 0 Å². The van der Waals surface area contributed by atoms with Crippen molar-refractivity contribution in [1.82, 2.24) is 0 Å². The first-order valence-electron chi connectivity index (χ1n) is 3.37. The lowest BCUT2D eigenvalue weighted by molar-refractivity contribution is 0.825. The van der Waals surface area contributed by atoms with E-state index in [1.54, 1.807) is 0 Å². The third-order valence-corrected chi connectivity index (χ3v) is 2.06. The van der Waals surface area contributed by atoms with Crippen molar-refractivity contribution in [2.75, 3.05) is 0 Å². The van der Waals surface area contributed by atoms with Gasteiger partial charge in [-0.15, -0.1) is 0 Å². The maximum atomic E-state index is 3.23. The van der Waals surface area contributed by atoms with Crippen LogP contribution in [0.4, 0.5) is 0 Å². The molecule has 0 saturated carbocycles. The highest BCUT2D eigenvalue weighted by Gasteiger charge is 2.13. The molecule has 0 aliphatic heterocycles. The summed E-state index contributed by atoms with van der Waals surface area (Å²) in [5.41, 5.74) is 4.42. The van der Waals surface area contributed by atoms with Crippen LogP contribution in [0.15, 0.2) is 12.1 Å². The zero-order valence-corrected chi connectivity index (χ0v) is 5.57. The van der Waals surface area contributed by atoms with Crippen LogP contribution in [0.3, 0.4) is 0 Å². The lowest BCUT2D eigenvalue weighted by atomic mass is 9.85. The lowest BCUT2D eigenvalue weighted by Gasteiger charge is -2.19. The van der Waals surface area contributed by atoms with E-state index in [2.05, 4.69) is 19.1 Å². The summed E-state index contributed by atoms with van der Waals surface area (Å²) in [6, 6.07) is 7.39. The van der Waals surface area contributed by atoms with Gasteiger partial charge in [-0.05, 0) is 42.5 Å². The normalized spacial score (nSPS) is 14.3. The van der Waals surface area contributed by atoms with Crippen LogP contribution in [0.5, 0.6) is 0 Å². The number of fused-ring (bicyclic) bond motifs is 1. The molecular weight excluding hydrogens is 108 g/mol. The van der Waals surface area contributed by atoms with Crippen LogP contribution in [0.25, 0.3) is 0 Å². The van der Waals surface area contributed by atoms with Crippen LogP contribution < -0.4 is 0 Å². The van der Waals surface area contributed by atoms with Crippen LogP contribution in [-0.2, 0) is 12.8 Å². The molecule has 0 amide bonds. The van der Waals surface area contributed by atoms with Gasteiger partial charge in [0, 0.05) is 0 Å². The zero-order valence-electron chi connectivity index (χ0n) is 5.57. The van der Waals surface area contributed by atoms with E-state index in [4.69, 9.17) is 0 Å². The van der Waals surface area contributed by atoms with E-state index >= 15 is 0 Å². The van der Waals surface area contributed by atoms with Gasteiger partial charge in [0.25, 0.3) is 0 Å². The summed E-state index contributed by atoms with van der Waals surface area (Å²) in [6.07, 6.45) is 2.52. The third kappa shape index (κ3) is 0.593. The fraction of sp³-hybridized carbons (Fsp3) is 0.333. The molecule has 0 N–H and O–H groups in total. The first-order chi connectivity index (χ1) is 4.38. The van der Waals surface area contributed by atoms with Gasteiger partial charge in [-0.25, -0.2) is 0 Å². The summed E-state index contributed by atoms with van der Waals surface area (Å²) < 4.78 is 0. The standard InChI is InChI=1S/C9H9/c1-7-3-2-4-8-5-6-9(7)8/h2-3H,5-6H2,1H3. The van der Waals surface area contributed by atoms with E-state index in [0.717, 1.165) is 0 Å². The molecule has 1 aliphatic carbocycles. The van der Waals surface area contributed by atoms with Gasteiger partial charge in [0.2, 0.25) is 0 Å². The van der Waals surface area contributed by atoms with Gasteiger partial charge in [-0.2, -0.15) is 0 Å². The second-order valence-corrected chi connectivity index (χ2v) is 2.62. The summed E-state index contributed by atoms with van der Waals surface area (Å²) in [6.45, 7) is 2.17. The van der Waals surface area contributed by atoms with Crippen LogP contribution in [0.2, 0.25) is 0 Å². The summed E-state index contributed by atoms with van der Waals surface area (Å²) in [5.74, 6) is 0. The van der Waals surface area contributed by atoms with E-state index in [1.807, 2.05) is 6.07 Å². The fourth-order valence-electron chi connectivity index (χ4n) is 1.34. The molecular formula is C9H9. The SMILES string of the molecule is Cc1cc[c]c2c1CC2. The maximum absolute atomic E-state index is 3.23. The molecule has 0 saturated heterocycles. The Balaban J connectivity index is 2.64. The van der Waals surface area contributed by atoms with E-state index < -0.39 is 0 Å². The van der Waals surface area contributed by atoms with E-state index in [-0.39, 0.29) is 0 Å². The molecule has 9 heavy (non-hydrogen) atoms. The Morgan fingerprint density at radius 3 is 2.78 bits per heavy atom. The summed E-state index contributed by atoms with van der Waals surface area (Å²) in [5, 5.41) is 0. The summed E-state index contributed by atoms with van der Waals surface area (Å²) in [7, 11) is 0. The van der Waals surface area contributed by atoms with Gasteiger partial charge in [-0.1, -0.05) is 12.1 Å². The largest absolute Gasteiger partial charge is 0.0584 e. The Morgan fingerprint density at radius 1 is 1.44 bits per heavy atom. The van der Waals surface area contributed by atoms with Gasteiger partial charge in [0.05, 0.1) is 0 Å². The van der Waals surface area contributed by atoms with Crippen LogP contribution >= 0.6 is 0 Å². The molecule has 0 heterocycles. The average Bonchev–Trinajstić information content (AvgIpc) is 1.74. The average molecular weight is 117 g/mol. The van der Waals surface area contributed by atoms with Crippen molar-refractivity contribution in [1.29, 1.82) is 0 Å². The number of hydrogen-bond donors (Lipinski definition) is 0. The van der Waals surface area contributed by atoms with Gasteiger partial charge >= 0.3 is 0 Å². The third-order valence-electron chi connectivity index (χ3n) is 2.06. The summed E-state index contributed by atoms with van der Waals surface area (Å²) >= 11 is 0. The highest BCUT2D eigenvalue weighted by Crippen LogP contribution is 2.24. The molecule has 45 valence electrons. The first-order valence-corrected chi connectivity index (χ1v) is 3.37. The van der Waals surface area contributed by atoms with E-state index in [9.17, 15) is 0 Å². The highest BCUT2D eigenvalue weighted by molar-refractivity contribution is 5.40. The number of aryl methyl sites for hydroxylation is 2. The fourth-order valence-corrected chi connectivity index (χ4v) is 1.34. The minimum absolute atomic E-state index is 1.25. The van der Waals surface area contributed by atoms with E-state index in [1.165, 1.54) is 29.5 Å². The van der Waals surface area contributed by atoms with Crippen LogP contribution in [0, 0.1) is 13.0 Å². The van der Waals surface area contributed by atoms with Crippen molar-refractivity contribution in [3.63, 3.8) is 0 Å². The molecule has 1 aromatic rings. The molecule has 2 rings (SSSR count). The number of rotatable bonds is 0. The molecule has 0 fully saturated rings. The van der Waals surface area contributed by atoms with Gasteiger partial charge in [0.15, 0.2) is 0 Å². The second kappa shape index (κ2) is 1.60. The Morgan fingerprint density at radius 2 is 2.33 bits per heavy atom. The first kappa shape index (κ1) is 5.04. The predicted molar refractivity (Wildman–Crippen MR) is 37.4 cm³/mol. The van der Waals surface area contributed by atoms with Crippen molar-refractivity contribution < 1.29 is 0 Å². The van der Waals surface area contributed by atoms with Crippen molar-refractivity contribution in [3.8, 4) is 0 Å². The molecule has 1 aromatic carbocycles. The predicted octanol–water partition coefficient (Wildman–Crippen LogP) is 1.89. The number of benzene rings is 1. The number of hydrogen-bond acceptors (Lipinski definition) is 0. The molecule has 0 bridgehead atoms. The molecule has 0 aromatic heterocycles. The molecule has 0 nitrogen and oxygen atoms in total. The van der Waals surface area contributed by atoms with Crippen molar-refractivity contribution in [2.24, 2.45) is 0 Å².